The van der Waals surface area contributed by atoms with Crippen LogP contribution < -0.4 is 10.1 Å². The highest BCUT2D eigenvalue weighted by molar-refractivity contribution is 6.05. The highest BCUT2D eigenvalue weighted by atomic mass is 16.6. The van der Waals surface area contributed by atoms with E-state index in [1.54, 1.807) is 13.0 Å². The maximum Gasteiger partial charge on any atom is 0.311 e. The van der Waals surface area contributed by atoms with Crippen LogP contribution in [0.4, 0.5) is 11.4 Å². The van der Waals surface area contributed by atoms with Crippen LogP contribution in [0.25, 0.3) is 22.6 Å². The van der Waals surface area contributed by atoms with E-state index in [4.69, 9.17) is 9.15 Å². The summed E-state index contributed by atoms with van der Waals surface area (Å²) in [6, 6.07) is 14.0. The van der Waals surface area contributed by atoms with Crippen molar-refractivity contribution in [2.24, 2.45) is 0 Å². The van der Waals surface area contributed by atoms with E-state index < -0.39 is 10.8 Å². The van der Waals surface area contributed by atoms with E-state index in [1.165, 1.54) is 30.3 Å². The van der Waals surface area contributed by atoms with Crippen LogP contribution in [0.15, 0.2) is 59.0 Å². The molecular weight excluding hydrogens is 414 g/mol. The van der Waals surface area contributed by atoms with E-state index in [2.05, 4.69) is 10.3 Å². The number of aromatic hydroxyl groups is 1. The van der Waals surface area contributed by atoms with Crippen LogP contribution in [-0.4, -0.2) is 27.5 Å². The SMILES string of the molecule is CCOc1ccc(C(=O)Nc2ccc(O)c(-c3nc4cc(C)ccc4o3)c2)cc1[N+](=O)[O-]. The molecule has 4 rings (SSSR count). The molecule has 0 spiro atoms. The number of phenols is 1. The van der Waals surface area contributed by atoms with Gasteiger partial charge in [-0.2, -0.15) is 0 Å². The fourth-order valence-corrected chi connectivity index (χ4v) is 3.22. The summed E-state index contributed by atoms with van der Waals surface area (Å²) in [4.78, 5) is 27.8. The Morgan fingerprint density at radius 2 is 2.00 bits per heavy atom. The average Bonchev–Trinajstić information content (AvgIpc) is 3.18. The van der Waals surface area contributed by atoms with Crippen molar-refractivity contribution in [3.8, 4) is 23.0 Å². The quantitative estimate of drug-likeness (QED) is 0.247. The molecule has 0 aliphatic carbocycles. The maximum atomic E-state index is 12.7. The lowest BCUT2D eigenvalue weighted by molar-refractivity contribution is -0.385. The fourth-order valence-electron chi connectivity index (χ4n) is 3.22. The van der Waals surface area contributed by atoms with Gasteiger partial charge < -0.3 is 19.6 Å². The number of phenolic OH excluding ortho intramolecular Hbond substituents is 1. The van der Waals surface area contributed by atoms with E-state index in [1.807, 2.05) is 19.1 Å². The number of anilines is 1. The zero-order valence-corrected chi connectivity index (χ0v) is 17.3. The van der Waals surface area contributed by atoms with Gasteiger partial charge in [0.1, 0.15) is 11.3 Å². The van der Waals surface area contributed by atoms with Crippen LogP contribution in [0.3, 0.4) is 0 Å². The number of fused-ring (bicyclic) bond motifs is 1. The van der Waals surface area contributed by atoms with Crippen LogP contribution in [0.1, 0.15) is 22.8 Å². The molecule has 1 amide bonds. The van der Waals surface area contributed by atoms with Gasteiger partial charge in [-0.3, -0.25) is 14.9 Å². The van der Waals surface area contributed by atoms with Crippen molar-refractivity contribution in [2.75, 3.05) is 11.9 Å². The monoisotopic (exact) mass is 433 g/mol. The first kappa shape index (κ1) is 20.9. The Hall–Kier alpha value is -4.40. The van der Waals surface area contributed by atoms with Gasteiger partial charge in [0.2, 0.25) is 5.89 Å². The normalized spacial score (nSPS) is 10.8. The molecule has 0 saturated heterocycles. The molecule has 9 heteroatoms. The van der Waals surface area contributed by atoms with E-state index >= 15 is 0 Å². The first-order valence-electron chi connectivity index (χ1n) is 9.79. The fraction of sp³-hybridized carbons (Fsp3) is 0.130. The molecule has 3 aromatic carbocycles. The van der Waals surface area contributed by atoms with E-state index in [-0.39, 0.29) is 35.2 Å². The number of oxazole rings is 1. The first-order chi connectivity index (χ1) is 15.4. The predicted molar refractivity (Wildman–Crippen MR) is 118 cm³/mol. The molecule has 0 aliphatic heterocycles. The Morgan fingerprint density at radius 1 is 1.19 bits per heavy atom. The van der Waals surface area contributed by atoms with Gasteiger partial charge in [-0.05, 0) is 61.9 Å². The number of aromatic nitrogens is 1. The van der Waals surface area contributed by atoms with Crippen molar-refractivity contribution in [3.05, 3.63) is 75.8 Å². The van der Waals surface area contributed by atoms with Crippen LogP contribution >= 0.6 is 0 Å². The lowest BCUT2D eigenvalue weighted by Gasteiger charge is -2.09. The summed E-state index contributed by atoms with van der Waals surface area (Å²) in [5.41, 5.74) is 2.69. The third kappa shape index (κ3) is 4.08. The Bertz CT molecular complexity index is 1350. The molecule has 0 fully saturated rings. The van der Waals surface area contributed by atoms with Crippen molar-refractivity contribution in [1.29, 1.82) is 0 Å². The number of nitro groups is 1. The smallest absolute Gasteiger partial charge is 0.311 e. The highest BCUT2D eigenvalue weighted by Crippen LogP contribution is 2.34. The molecule has 0 radical (unpaired) electrons. The largest absolute Gasteiger partial charge is 0.507 e. The Balaban J connectivity index is 1.63. The standard InChI is InChI=1S/C23H19N3O6/c1-3-31-21-9-5-14(11-18(21)26(29)30)22(28)24-15-6-7-19(27)16(12-15)23-25-17-10-13(2)4-8-20(17)32-23/h4-12,27H,3H2,1-2H3,(H,24,28). The number of hydrogen-bond acceptors (Lipinski definition) is 7. The second-order valence-corrected chi connectivity index (χ2v) is 7.05. The summed E-state index contributed by atoms with van der Waals surface area (Å²) >= 11 is 0. The number of carbonyl (C=O) groups is 1. The molecular formula is C23H19N3O6. The first-order valence-corrected chi connectivity index (χ1v) is 9.79. The van der Waals surface area contributed by atoms with Gasteiger partial charge in [-0.1, -0.05) is 6.07 Å². The molecule has 0 unspecified atom stereocenters. The van der Waals surface area contributed by atoms with Gasteiger partial charge in [0.05, 0.1) is 17.1 Å². The number of aryl methyl sites for hydroxylation is 1. The lowest BCUT2D eigenvalue weighted by Crippen LogP contribution is -2.12. The summed E-state index contributed by atoms with van der Waals surface area (Å²) in [7, 11) is 0. The summed E-state index contributed by atoms with van der Waals surface area (Å²) in [5, 5.41) is 24.3. The Morgan fingerprint density at radius 3 is 2.75 bits per heavy atom. The van der Waals surface area contributed by atoms with Gasteiger partial charge in [0.25, 0.3) is 5.91 Å². The molecule has 32 heavy (non-hydrogen) atoms. The van der Waals surface area contributed by atoms with Crippen molar-refractivity contribution in [2.45, 2.75) is 13.8 Å². The number of rotatable bonds is 6. The molecule has 1 aromatic heterocycles. The summed E-state index contributed by atoms with van der Waals surface area (Å²) in [5.74, 6) is -0.327. The number of hydrogen-bond donors (Lipinski definition) is 2. The van der Waals surface area contributed by atoms with Gasteiger partial charge in [0.15, 0.2) is 11.3 Å². The van der Waals surface area contributed by atoms with Crippen molar-refractivity contribution in [3.63, 3.8) is 0 Å². The molecule has 9 nitrogen and oxygen atoms in total. The van der Waals surface area contributed by atoms with E-state index in [9.17, 15) is 20.0 Å². The van der Waals surface area contributed by atoms with Gasteiger partial charge >= 0.3 is 5.69 Å². The van der Waals surface area contributed by atoms with Crippen molar-refractivity contribution in [1.82, 2.24) is 4.98 Å². The number of nitro benzene ring substituents is 1. The van der Waals surface area contributed by atoms with Crippen LogP contribution in [0.5, 0.6) is 11.5 Å². The van der Waals surface area contributed by atoms with Crippen LogP contribution in [0.2, 0.25) is 0 Å². The Kier molecular flexibility index (Phi) is 5.46. The molecule has 162 valence electrons. The maximum absolute atomic E-state index is 12.7. The predicted octanol–water partition coefficient (Wildman–Crippen LogP) is 5.07. The zero-order chi connectivity index (χ0) is 22.8. The highest BCUT2D eigenvalue weighted by Gasteiger charge is 2.19. The third-order valence-corrected chi connectivity index (χ3v) is 4.75. The lowest BCUT2D eigenvalue weighted by atomic mass is 10.1. The number of nitrogens with one attached hydrogen (secondary N) is 1. The number of carbonyl (C=O) groups excluding carboxylic acids is 1. The minimum atomic E-state index is -0.602. The summed E-state index contributed by atoms with van der Waals surface area (Å²) < 4.78 is 11.0. The van der Waals surface area contributed by atoms with Crippen LogP contribution in [-0.2, 0) is 0 Å². The molecule has 2 N–H and O–H groups in total. The molecule has 4 aromatic rings. The molecule has 1 heterocycles. The molecule has 0 bridgehead atoms. The number of ether oxygens (including phenoxy) is 1. The van der Waals surface area contributed by atoms with Crippen molar-refractivity contribution < 1.29 is 24.0 Å². The second kappa shape index (κ2) is 8.38. The van der Waals surface area contributed by atoms with Gasteiger partial charge in [-0.25, -0.2) is 4.98 Å². The van der Waals surface area contributed by atoms with E-state index in [0.717, 1.165) is 11.6 Å². The topological polar surface area (TPSA) is 128 Å². The summed E-state index contributed by atoms with van der Waals surface area (Å²) in [6.45, 7) is 3.91. The average molecular weight is 433 g/mol. The Labute approximate surface area is 182 Å². The van der Waals surface area contributed by atoms with Crippen LogP contribution in [0, 0.1) is 17.0 Å². The minimum Gasteiger partial charge on any atom is -0.507 e. The minimum absolute atomic E-state index is 0.0667. The summed E-state index contributed by atoms with van der Waals surface area (Å²) in [6.07, 6.45) is 0. The number of nitrogens with zero attached hydrogens (tertiary/aromatic N) is 2. The molecule has 0 aliphatic rings. The molecule has 0 atom stereocenters. The molecule has 0 saturated carbocycles. The van der Waals surface area contributed by atoms with Gasteiger partial charge in [-0.15, -0.1) is 0 Å². The van der Waals surface area contributed by atoms with Crippen molar-refractivity contribution >= 4 is 28.4 Å². The second-order valence-electron chi connectivity index (χ2n) is 7.05. The van der Waals surface area contributed by atoms with E-state index in [0.29, 0.717) is 22.4 Å². The number of benzene rings is 3. The zero-order valence-electron chi connectivity index (χ0n) is 17.3. The number of amides is 1. The third-order valence-electron chi connectivity index (χ3n) is 4.75. The van der Waals surface area contributed by atoms with Gasteiger partial charge in [0, 0.05) is 17.3 Å².